The van der Waals surface area contributed by atoms with Crippen LogP contribution in [0, 0.1) is 0 Å². The van der Waals surface area contributed by atoms with Crippen LogP contribution in [0.25, 0.3) is 0 Å². The van der Waals surface area contributed by atoms with E-state index in [1.165, 1.54) is 5.56 Å². The normalized spacial score (nSPS) is 13.1. The molecule has 0 aromatic heterocycles. The first-order valence-electron chi connectivity index (χ1n) is 9.18. The Balaban J connectivity index is 1.66. The van der Waals surface area contributed by atoms with E-state index in [1.54, 1.807) is 24.3 Å². The Morgan fingerprint density at radius 1 is 1.00 bits per heavy atom. The molecule has 1 aliphatic heterocycles. The summed E-state index contributed by atoms with van der Waals surface area (Å²) in [7, 11) is 0. The Kier molecular flexibility index (Phi) is 6.45. The number of rotatable bonds is 7. The number of benzene rings is 2. The Morgan fingerprint density at radius 3 is 2.26 bits per heavy atom. The van der Waals surface area contributed by atoms with Gasteiger partial charge in [-0.15, -0.1) is 0 Å². The van der Waals surface area contributed by atoms with Crippen LogP contribution in [0.1, 0.15) is 25.0 Å². The summed E-state index contributed by atoms with van der Waals surface area (Å²) in [5.41, 5.74) is 2.29. The van der Waals surface area contributed by atoms with Crippen molar-refractivity contribution in [2.24, 2.45) is 0 Å². The molecule has 0 saturated carbocycles. The second-order valence-corrected chi connectivity index (χ2v) is 6.68. The smallest absolute Gasteiger partial charge is 0.260 e. The van der Waals surface area contributed by atoms with Gasteiger partial charge in [-0.3, -0.25) is 4.79 Å². The predicted octanol–water partition coefficient (Wildman–Crippen LogP) is 4.10. The van der Waals surface area contributed by atoms with Crippen molar-refractivity contribution in [3.63, 3.8) is 0 Å². The van der Waals surface area contributed by atoms with Crippen LogP contribution in [-0.2, 0) is 17.8 Å². The van der Waals surface area contributed by atoms with Crippen LogP contribution in [0.5, 0.6) is 17.2 Å². The van der Waals surface area contributed by atoms with Crippen molar-refractivity contribution in [1.82, 2.24) is 4.90 Å². The molecule has 0 spiro atoms. The van der Waals surface area contributed by atoms with E-state index < -0.39 is 0 Å². The monoisotopic (exact) mass is 389 g/mol. The van der Waals surface area contributed by atoms with E-state index in [0.717, 1.165) is 23.5 Å². The summed E-state index contributed by atoms with van der Waals surface area (Å²) in [4.78, 5) is 14.4. The molecule has 0 aliphatic carbocycles. The van der Waals surface area contributed by atoms with Gasteiger partial charge in [-0.05, 0) is 67.8 Å². The fraction of sp³-hybridized carbons (Fsp3) is 0.381. The molecule has 5 nitrogen and oxygen atoms in total. The van der Waals surface area contributed by atoms with Gasteiger partial charge in [0.1, 0.15) is 5.75 Å². The SMILES string of the molecule is CCOc1cc2c(cc1OCC)CN(C(=O)COc1ccc(Cl)cc1)CC2. The Morgan fingerprint density at radius 2 is 1.63 bits per heavy atom. The minimum Gasteiger partial charge on any atom is -0.490 e. The molecule has 1 amide bonds. The minimum absolute atomic E-state index is 0.00626. The topological polar surface area (TPSA) is 48.0 Å². The second-order valence-electron chi connectivity index (χ2n) is 6.24. The zero-order valence-corrected chi connectivity index (χ0v) is 16.4. The average molecular weight is 390 g/mol. The summed E-state index contributed by atoms with van der Waals surface area (Å²) in [6.07, 6.45) is 0.786. The fourth-order valence-corrected chi connectivity index (χ4v) is 3.21. The number of fused-ring (bicyclic) bond motifs is 1. The van der Waals surface area contributed by atoms with Crippen LogP contribution in [0.15, 0.2) is 36.4 Å². The molecule has 6 heteroatoms. The van der Waals surface area contributed by atoms with Gasteiger partial charge in [0, 0.05) is 18.1 Å². The maximum Gasteiger partial charge on any atom is 0.260 e. The lowest BCUT2D eigenvalue weighted by molar-refractivity contribution is -0.134. The van der Waals surface area contributed by atoms with E-state index >= 15 is 0 Å². The van der Waals surface area contributed by atoms with Gasteiger partial charge in [-0.1, -0.05) is 11.6 Å². The highest BCUT2D eigenvalue weighted by Crippen LogP contribution is 2.34. The lowest BCUT2D eigenvalue weighted by Crippen LogP contribution is -2.38. The molecular weight excluding hydrogens is 366 g/mol. The summed E-state index contributed by atoms with van der Waals surface area (Å²) in [6.45, 7) is 6.27. The molecule has 0 atom stereocenters. The number of carbonyl (C=O) groups excluding carboxylic acids is 1. The molecule has 1 heterocycles. The van der Waals surface area contributed by atoms with Gasteiger partial charge in [-0.2, -0.15) is 0 Å². The third-order valence-electron chi connectivity index (χ3n) is 4.41. The van der Waals surface area contributed by atoms with Crippen LogP contribution in [0.3, 0.4) is 0 Å². The van der Waals surface area contributed by atoms with Crippen LogP contribution in [0.4, 0.5) is 0 Å². The maximum absolute atomic E-state index is 12.5. The molecule has 27 heavy (non-hydrogen) atoms. The molecule has 0 saturated heterocycles. The molecule has 144 valence electrons. The molecule has 2 aromatic rings. The molecule has 0 bridgehead atoms. The van der Waals surface area contributed by atoms with E-state index in [1.807, 2.05) is 30.9 Å². The summed E-state index contributed by atoms with van der Waals surface area (Å²) in [5, 5.41) is 0.637. The third kappa shape index (κ3) is 4.86. The van der Waals surface area contributed by atoms with E-state index in [0.29, 0.717) is 37.1 Å². The zero-order chi connectivity index (χ0) is 19.2. The quantitative estimate of drug-likeness (QED) is 0.715. The van der Waals surface area contributed by atoms with Crippen molar-refractivity contribution in [1.29, 1.82) is 0 Å². The Bertz CT molecular complexity index is 792. The van der Waals surface area contributed by atoms with Gasteiger partial charge >= 0.3 is 0 Å². The van der Waals surface area contributed by atoms with Crippen LogP contribution >= 0.6 is 11.6 Å². The highest BCUT2D eigenvalue weighted by Gasteiger charge is 2.23. The first-order chi connectivity index (χ1) is 13.1. The van der Waals surface area contributed by atoms with Gasteiger partial charge in [0.15, 0.2) is 18.1 Å². The molecule has 3 rings (SSSR count). The van der Waals surface area contributed by atoms with Crippen LogP contribution in [-0.4, -0.2) is 37.2 Å². The number of hydrogen-bond donors (Lipinski definition) is 0. The van der Waals surface area contributed by atoms with Gasteiger partial charge in [0.2, 0.25) is 0 Å². The summed E-state index contributed by atoms with van der Waals surface area (Å²) < 4.78 is 17.0. The Hall–Kier alpha value is -2.40. The van der Waals surface area contributed by atoms with Crippen LogP contribution in [0.2, 0.25) is 5.02 Å². The molecule has 2 aromatic carbocycles. The van der Waals surface area contributed by atoms with Gasteiger partial charge in [-0.25, -0.2) is 0 Å². The van der Waals surface area contributed by atoms with E-state index in [2.05, 4.69) is 0 Å². The number of amides is 1. The van der Waals surface area contributed by atoms with Gasteiger partial charge in [0.05, 0.1) is 13.2 Å². The zero-order valence-electron chi connectivity index (χ0n) is 15.7. The minimum atomic E-state index is -0.0394. The number of carbonyl (C=O) groups is 1. The number of ether oxygens (including phenoxy) is 3. The number of hydrogen-bond acceptors (Lipinski definition) is 4. The first-order valence-corrected chi connectivity index (χ1v) is 9.56. The van der Waals surface area contributed by atoms with Crippen molar-refractivity contribution in [2.75, 3.05) is 26.4 Å². The highest BCUT2D eigenvalue weighted by molar-refractivity contribution is 6.30. The molecule has 0 unspecified atom stereocenters. The largest absolute Gasteiger partial charge is 0.490 e. The third-order valence-corrected chi connectivity index (χ3v) is 4.66. The van der Waals surface area contributed by atoms with E-state index in [-0.39, 0.29) is 12.5 Å². The molecular formula is C21H24ClNO4. The summed E-state index contributed by atoms with van der Waals surface area (Å²) >= 11 is 5.86. The Labute approximate surface area is 164 Å². The summed E-state index contributed by atoms with van der Waals surface area (Å²) in [5.74, 6) is 2.08. The highest BCUT2D eigenvalue weighted by atomic mass is 35.5. The molecule has 0 N–H and O–H groups in total. The second kappa shape index (κ2) is 9.00. The van der Waals surface area contributed by atoms with Crippen molar-refractivity contribution in [3.8, 4) is 17.2 Å². The lowest BCUT2D eigenvalue weighted by atomic mass is 9.98. The maximum atomic E-state index is 12.5. The summed E-state index contributed by atoms with van der Waals surface area (Å²) in [6, 6.07) is 11.0. The molecule has 1 aliphatic rings. The molecule has 0 radical (unpaired) electrons. The number of nitrogens with zero attached hydrogens (tertiary/aromatic N) is 1. The van der Waals surface area contributed by atoms with E-state index in [4.69, 9.17) is 25.8 Å². The average Bonchev–Trinajstić information content (AvgIpc) is 2.68. The fourth-order valence-electron chi connectivity index (χ4n) is 3.08. The van der Waals surface area contributed by atoms with Crippen molar-refractivity contribution in [2.45, 2.75) is 26.8 Å². The first kappa shape index (κ1) is 19.4. The lowest BCUT2D eigenvalue weighted by Gasteiger charge is -2.29. The van der Waals surface area contributed by atoms with Gasteiger partial charge in [0.25, 0.3) is 5.91 Å². The van der Waals surface area contributed by atoms with Crippen molar-refractivity contribution in [3.05, 3.63) is 52.5 Å². The van der Waals surface area contributed by atoms with Crippen molar-refractivity contribution >= 4 is 17.5 Å². The van der Waals surface area contributed by atoms with Crippen LogP contribution < -0.4 is 14.2 Å². The van der Waals surface area contributed by atoms with E-state index in [9.17, 15) is 4.79 Å². The standard InChI is InChI=1S/C21H24ClNO4/c1-3-25-19-11-15-9-10-23(13-16(15)12-20(19)26-4-2)21(24)14-27-18-7-5-17(22)6-8-18/h5-8,11-12H,3-4,9-10,13-14H2,1-2H3. The molecule has 0 fully saturated rings. The van der Waals surface area contributed by atoms with Crippen molar-refractivity contribution < 1.29 is 19.0 Å². The number of halogens is 1. The predicted molar refractivity (Wildman–Crippen MR) is 105 cm³/mol. The van der Waals surface area contributed by atoms with Gasteiger partial charge < -0.3 is 19.1 Å².